The van der Waals surface area contributed by atoms with Gasteiger partial charge in [0.2, 0.25) is 0 Å². The minimum atomic E-state index is 0.307. The average Bonchev–Trinajstić information content (AvgIpc) is 2.34. The molecule has 0 N–H and O–H groups in total. The van der Waals surface area contributed by atoms with Crippen molar-refractivity contribution in [2.45, 2.75) is 25.6 Å². The first-order valence-corrected chi connectivity index (χ1v) is 5.54. The molecule has 0 nitrogen and oxygen atoms in total. The van der Waals surface area contributed by atoms with E-state index in [1.807, 2.05) is 0 Å². The molecule has 0 spiro atoms. The van der Waals surface area contributed by atoms with Gasteiger partial charge in [0, 0.05) is 4.83 Å². The monoisotopic (exact) mass is 232 g/mol. The number of alkyl halides is 1. The Labute approximate surface area is 80.8 Å². The summed E-state index contributed by atoms with van der Waals surface area (Å²) in [6.45, 7) is 6.72. The Hall–Kier alpha value is 0.180. The molecule has 1 rings (SSSR count). The Kier molecular flexibility index (Phi) is 2.76. The van der Waals surface area contributed by atoms with E-state index >= 15 is 0 Å². The Morgan fingerprint density at radius 3 is 2.45 bits per heavy atom. The summed E-state index contributed by atoms with van der Waals surface area (Å²) in [4.78, 5) is 0.473. The fourth-order valence-electron chi connectivity index (χ4n) is 0.919. The van der Waals surface area contributed by atoms with Crippen molar-refractivity contribution >= 4 is 27.3 Å². The van der Waals surface area contributed by atoms with E-state index in [0.717, 1.165) is 0 Å². The number of hydrogen-bond acceptors (Lipinski definition) is 1. The van der Waals surface area contributed by atoms with Gasteiger partial charge in [0.1, 0.15) is 0 Å². The molecule has 1 atom stereocenters. The van der Waals surface area contributed by atoms with Crippen molar-refractivity contribution in [3.63, 3.8) is 0 Å². The highest BCUT2D eigenvalue weighted by molar-refractivity contribution is 9.09. The molecule has 1 aromatic heterocycles. The van der Waals surface area contributed by atoms with Gasteiger partial charge in [-0.1, -0.05) is 36.7 Å². The van der Waals surface area contributed by atoms with Crippen LogP contribution in [0.25, 0.3) is 0 Å². The van der Waals surface area contributed by atoms with Crippen molar-refractivity contribution in [2.75, 3.05) is 0 Å². The molecule has 0 aromatic carbocycles. The molecule has 11 heavy (non-hydrogen) atoms. The third kappa shape index (κ3) is 2.31. The van der Waals surface area contributed by atoms with Gasteiger partial charge in [-0.25, -0.2) is 0 Å². The summed E-state index contributed by atoms with van der Waals surface area (Å²) in [5.41, 5.74) is 1.70. The van der Waals surface area contributed by atoms with Crippen LogP contribution in [-0.2, 0) is 0 Å². The van der Waals surface area contributed by atoms with E-state index in [2.05, 4.69) is 53.5 Å². The third-order valence-corrected chi connectivity index (χ3v) is 4.20. The summed E-state index contributed by atoms with van der Waals surface area (Å²) >= 11 is 5.45. The standard InChI is InChI=1S/C9H13BrS/c1-9(2,3)8(10)7-4-5-11-6-7/h4-6,8H,1-3H3. The maximum absolute atomic E-state index is 3.69. The first kappa shape index (κ1) is 9.27. The van der Waals surface area contributed by atoms with Gasteiger partial charge in [0.05, 0.1) is 0 Å². The largest absolute Gasteiger partial charge is 0.152 e. The zero-order valence-electron chi connectivity index (χ0n) is 7.10. The summed E-state index contributed by atoms with van der Waals surface area (Å²) in [6.07, 6.45) is 0. The van der Waals surface area contributed by atoms with Gasteiger partial charge in [-0.2, -0.15) is 11.3 Å². The molecular weight excluding hydrogens is 220 g/mol. The smallest absolute Gasteiger partial charge is 0.0451 e. The van der Waals surface area contributed by atoms with Crippen LogP contribution in [0.5, 0.6) is 0 Å². The van der Waals surface area contributed by atoms with Gasteiger partial charge in [0.25, 0.3) is 0 Å². The molecule has 0 amide bonds. The van der Waals surface area contributed by atoms with Crippen LogP contribution >= 0.6 is 27.3 Å². The zero-order valence-corrected chi connectivity index (χ0v) is 9.50. The SMILES string of the molecule is CC(C)(C)C(Br)c1ccsc1. The van der Waals surface area contributed by atoms with Crippen molar-refractivity contribution in [1.29, 1.82) is 0 Å². The lowest BCUT2D eigenvalue weighted by atomic mass is 9.89. The minimum Gasteiger partial charge on any atom is -0.152 e. The van der Waals surface area contributed by atoms with E-state index in [4.69, 9.17) is 0 Å². The van der Waals surface area contributed by atoms with Crippen molar-refractivity contribution in [3.05, 3.63) is 22.4 Å². The summed E-state index contributed by atoms with van der Waals surface area (Å²) in [6, 6.07) is 2.18. The normalized spacial score (nSPS) is 14.9. The lowest BCUT2D eigenvalue weighted by Gasteiger charge is -2.24. The lowest BCUT2D eigenvalue weighted by Crippen LogP contribution is -2.11. The molecule has 0 fully saturated rings. The molecular formula is C9H13BrS. The van der Waals surface area contributed by atoms with Gasteiger partial charge in [-0.05, 0) is 27.8 Å². The molecule has 0 aliphatic rings. The van der Waals surface area contributed by atoms with Crippen LogP contribution in [0.1, 0.15) is 31.2 Å². The topological polar surface area (TPSA) is 0 Å². The summed E-state index contributed by atoms with van der Waals surface area (Å²) < 4.78 is 0. The fraction of sp³-hybridized carbons (Fsp3) is 0.556. The van der Waals surface area contributed by atoms with E-state index < -0.39 is 0 Å². The Bertz CT molecular complexity index is 208. The maximum Gasteiger partial charge on any atom is 0.0451 e. The van der Waals surface area contributed by atoms with Gasteiger partial charge >= 0.3 is 0 Å². The first-order chi connectivity index (χ1) is 5.02. The summed E-state index contributed by atoms with van der Waals surface area (Å²) in [5.74, 6) is 0. The van der Waals surface area contributed by atoms with Crippen LogP contribution in [0.2, 0.25) is 0 Å². The van der Waals surface area contributed by atoms with Crippen molar-refractivity contribution in [1.82, 2.24) is 0 Å². The van der Waals surface area contributed by atoms with Crippen LogP contribution in [0.4, 0.5) is 0 Å². The zero-order chi connectivity index (χ0) is 8.48. The molecule has 1 aromatic rings. The van der Waals surface area contributed by atoms with Crippen molar-refractivity contribution in [3.8, 4) is 0 Å². The highest BCUT2D eigenvalue weighted by atomic mass is 79.9. The minimum absolute atomic E-state index is 0.307. The van der Waals surface area contributed by atoms with Gasteiger partial charge in [0.15, 0.2) is 0 Å². The summed E-state index contributed by atoms with van der Waals surface area (Å²) in [7, 11) is 0. The molecule has 62 valence electrons. The van der Waals surface area contributed by atoms with E-state index in [0.29, 0.717) is 10.2 Å². The number of hydrogen-bond donors (Lipinski definition) is 0. The van der Waals surface area contributed by atoms with Crippen LogP contribution in [0.3, 0.4) is 0 Å². The number of rotatable bonds is 1. The molecule has 0 aliphatic carbocycles. The van der Waals surface area contributed by atoms with E-state index in [1.54, 1.807) is 11.3 Å². The highest BCUT2D eigenvalue weighted by Gasteiger charge is 2.23. The van der Waals surface area contributed by atoms with Gasteiger partial charge in [-0.3, -0.25) is 0 Å². The Morgan fingerprint density at radius 2 is 2.09 bits per heavy atom. The number of thiophene rings is 1. The second-order valence-electron chi connectivity index (χ2n) is 3.79. The van der Waals surface area contributed by atoms with Gasteiger partial charge in [-0.15, -0.1) is 0 Å². The summed E-state index contributed by atoms with van der Waals surface area (Å²) in [5, 5.41) is 4.32. The molecule has 0 aliphatic heterocycles. The Balaban J connectivity index is 2.78. The van der Waals surface area contributed by atoms with Gasteiger partial charge < -0.3 is 0 Å². The molecule has 2 heteroatoms. The third-order valence-electron chi connectivity index (χ3n) is 1.60. The van der Waals surface area contributed by atoms with E-state index in [9.17, 15) is 0 Å². The lowest BCUT2D eigenvalue weighted by molar-refractivity contribution is 0.408. The number of halogens is 1. The predicted molar refractivity (Wildman–Crippen MR) is 55.4 cm³/mol. The fourth-order valence-corrected chi connectivity index (χ4v) is 2.07. The first-order valence-electron chi connectivity index (χ1n) is 3.68. The van der Waals surface area contributed by atoms with Crippen LogP contribution in [0, 0.1) is 5.41 Å². The average molecular weight is 233 g/mol. The van der Waals surface area contributed by atoms with Crippen LogP contribution in [0.15, 0.2) is 16.8 Å². The molecule has 0 radical (unpaired) electrons. The molecule has 1 heterocycles. The van der Waals surface area contributed by atoms with Crippen LogP contribution < -0.4 is 0 Å². The maximum atomic E-state index is 3.69. The molecule has 0 saturated carbocycles. The van der Waals surface area contributed by atoms with Crippen LogP contribution in [-0.4, -0.2) is 0 Å². The molecule has 0 saturated heterocycles. The van der Waals surface area contributed by atoms with Crippen molar-refractivity contribution in [2.24, 2.45) is 5.41 Å². The molecule has 1 unspecified atom stereocenters. The predicted octanol–water partition coefficient (Wildman–Crippen LogP) is 4.23. The van der Waals surface area contributed by atoms with E-state index in [-0.39, 0.29) is 0 Å². The highest BCUT2D eigenvalue weighted by Crippen LogP contribution is 2.40. The van der Waals surface area contributed by atoms with Crippen molar-refractivity contribution < 1.29 is 0 Å². The second kappa shape index (κ2) is 3.28. The second-order valence-corrected chi connectivity index (χ2v) is 5.48. The van der Waals surface area contributed by atoms with E-state index in [1.165, 1.54) is 5.56 Å². The Morgan fingerprint density at radius 1 is 1.45 bits per heavy atom. The molecule has 0 bridgehead atoms. The quantitative estimate of drug-likeness (QED) is 0.637.